The number of hydrogen-bond acceptors (Lipinski definition) is 7. The summed E-state index contributed by atoms with van der Waals surface area (Å²) in [6, 6.07) is 23.0. The lowest BCUT2D eigenvalue weighted by molar-refractivity contribution is -0.143. The first-order valence-corrected chi connectivity index (χ1v) is 12.1. The number of carbonyl (C=O) groups excluding carboxylic acids is 1. The molecule has 9 heteroatoms. The Bertz CT molecular complexity index is 1340. The normalized spacial score (nSPS) is 11.5. The second-order valence-corrected chi connectivity index (χ2v) is 9.14. The lowest BCUT2D eigenvalue weighted by Crippen LogP contribution is -2.36. The first-order valence-electron chi connectivity index (χ1n) is 10.7. The summed E-state index contributed by atoms with van der Waals surface area (Å²) in [5, 5.41) is -0.280. The van der Waals surface area contributed by atoms with E-state index in [4.69, 9.17) is 9.15 Å². The Labute approximate surface area is 197 Å². The van der Waals surface area contributed by atoms with Crippen LogP contribution in [-0.4, -0.2) is 41.8 Å². The molecular weight excluding hydrogens is 454 g/mol. The molecule has 0 saturated carbocycles. The molecule has 34 heavy (non-hydrogen) atoms. The first-order chi connectivity index (χ1) is 16.5. The summed E-state index contributed by atoms with van der Waals surface area (Å²) in [5.41, 5.74) is 1.65. The molecule has 0 aliphatic carbocycles. The van der Waals surface area contributed by atoms with Crippen LogP contribution in [0, 0.1) is 0 Å². The van der Waals surface area contributed by atoms with E-state index in [1.165, 1.54) is 0 Å². The number of oxazole rings is 1. The third-order valence-corrected chi connectivity index (χ3v) is 6.62. The van der Waals surface area contributed by atoms with Gasteiger partial charge in [-0.3, -0.25) is 9.78 Å². The van der Waals surface area contributed by atoms with Gasteiger partial charge in [0.25, 0.3) is 10.0 Å². The zero-order valence-corrected chi connectivity index (χ0v) is 19.3. The minimum absolute atomic E-state index is 0.0920. The van der Waals surface area contributed by atoms with E-state index in [9.17, 15) is 13.2 Å². The summed E-state index contributed by atoms with van der Waals surface area (Å²) in [5.74, 6) is -0.420. The van der Waals surface area contributed by atoms with Gasteiger partial charge in [0, 0.05) is 17.3 Å². The van der Waals surface area contributed by atoms with Gasteiger partial charge in [-0.1, -0.05) is 54.6 Å². The van der Waals surface area contributed by atoms with Crippen molar-refractivity contribution in [1.29, 1.82) is 0 Å². The van der Waals surface area contributed by atoms with Crippen molar-refractivity contribution in [3.8, 4) is 22.8 Å². The van der Waals surface area contributed by atoms with Crippen molar-refractivity contribution in [2.24, 2.45) is 0 Å². The Kier molecular flexibility index (Phi) is 7.15. The summed E-state index contributed by atoms with van der Waals surface area (Å²) < 4.78 is 39.8. The molecule has 174 valence electrons. The molecule has 0 saturated heterocycles. The minimum atomic E-state index is -4.29. The van der Waals surface area contributed by atoms with Crippen LogP contribution in [0.15, 0.2) is 94.5 Å². The molecule has 4 aromatic rings. The Morgan fingerprint density at radius 3 is 2.21 bits per heavy atom. The summed E-state index contributed by atoms with van der Waals surface area (Å²) in [6.07, 6.45) is 1.56. The summed E-state index contributed by atoms with van der Waals surface area (Å²) >= 11 is 0. The van der Waals surface area contributed by atoms with Gasteiger partial charge in [0.05, 0.1) is 18.8 Å². The molecule has 0 aliphatic heterocycles. The summed E-state index contributed by atoms with van der Waals surface area (Å²) in [4.78, 5) is 20.9. The van der Waals surface area contributed by atoms with Crippen LogP contribution < -0.4 is 0 Å². The van der Waals surface area contributed by atoms with Crippen molar-refractivity contribution in [2.45, 2.75) is 18.5 Å². The second kappa shape index (κ2) is 10.4. The SMILES string of the molecule is CCOC(=O)CN(Cc1ccccn1)S(=O)(=O)c1nc(-c2ccccc2)oc1-c1ccccc1. The lowest BCUT2D eigenvalue weighted by Gasteiger charge is -2.20. The third kappa shape index (κ3) is 5.22. The quantitative estimate of drug-likeness (QED) is 0.334. The summed E-state index contributed by atoms with van der Waals surface area (Å²) in [6.45, 7) is 1.17. The Hall–Kier alpha value is -3.82. The predicted octanol–water partition coefficient (Wildman–Crippen LogP) is 4.16. The Balaban J connectivity index is 1.82. The number of nitrogens with zero attached hydrogens (tertiary/aromatic N) is 3. The van der Waals surface area contributed by atoms with Crippen LogP contribution in [0.25, 0.3) is 22.8 Å². The number of aromatic nitrogens is 2. The average molecular weight is 478 g/mol. The van der Waals surface area contributed by atoms with Gasteiger partial charge in [-0.25, -0.2) is 8.42 Å². The van der Waals surface area contributed by atoms with Gasteiger partial charge in [0.2, 0.25) is 10.9 Å². The number of hydrogen-bond donors (Lipinski definition) is 0. The second-order valence-electron chi connectivity index (χ2n) is 7.28. The van der Waals surface area contributed by atoms with Crippen molar-refractivity contribution in [3.05, 3.63) is 90.8 Å². The maximum Gasteiger partial charge on any atom is 0.321 e. The van der Waals surface area contributed by atoms with Crippen LogP contribution in [0.4, 0.5) is 0 Å². The highest BCUT2D eigenvalue weighted by molar-refractivity contribution is 7.89. The fraction of sp³-hybridized carbons (Fsp3) is 0.160. The van der Waals surface area contributed by atoms with Crippen LogP contribution >= 0.6 is 0 Å². The van der Waals surface area contributed by atoms with Crippen molar-refractivity contribution in [3.63, 3.8) is 0 Å². The highest BCUT2D eigenvalue weighted by Gasteiger charge is 2.35. The average Bonchev–Trinajstić information content (AvgIpc) is 3.32. The molecule has 0 bridgehead atoms. The molecule has 2 aromatic heterocycles. The van der Waals surface area contributed by atoms with Crippen LogP contribution in [0.2, 0.25) is 0 Å². The van der Waals surface area contributed by atoms with Gasteiger partial charge in [-0.05, 0) is 31.2 Å². The van der Waals surface area contributed by atoms with Crippen molar-refractivity contribution in [2.75, 3.05) is 13.2 Å². The van der Waals surface area contributed by atoms with Gasteiger partial charge in [-0.15, -0.1) is 0 Å². The van der Waals surface area contributed by atoms with Crippen LogP contribution in [-0.2, 0) is 26.1 Å². The highest BCUT2D eigenvalue weighted by atomic mass is 32.2. The molecule has 2 heterocycles. The number of esters is 1. The van der Waals surface area contributed by atoms with E-state index in [0.717, 1.165) is 4.31 Å². The predicted molar refractivity (Wildman–Crippen MR) is 126 cm³/mol. The highest BCUT2D eigenvalue weighted by Crippen LogP contribution is 2.34. The van der Waals surface area contributed by atoms with Crippen LogP contribution in [0.1, 0.15) is 12.6 Å². The van der Waals surface area contributed by atoms with Crippen molar-refractivity contribution < 1.29 is 22.4 Å². The molecular formula is C25H23N3O5S. The molecule has 0 aliphatic rings. The van der Waals surface area contributed by atoms with E-state index in [1.807, 2.05) is 24.3 Å². The van der Waals surface area contributed by atoms with Crippen LogP contribution in [0.3, 0.4) is 0 Å². The van der Waals surface area contributed by atoms with Crippen LogP contribution in [0.5, 0.6) is 0 Å². The Morgan fingerprint density at radius 2 is 1.59 bits per heavy atom. The maximum absolute atomic E-state index is 13.9. The molecule has 0 fully saturated rings. The molecule has 0 amide bonds. The molecule has 0 N–H and O–H groups in total. The molecule has 2 aromatic carbocycles. The van der Waals surface area contributed by atoms with E-state index in [-0.39, 0.29) is 29.8 Å². The van der Waals surface area contributed by atoms with Gasteiger partial charge < -0.3 is 9.15 Å². The molecule has 0 spiro atoms. The number of benzene rings is 2. The summed E-state index contributed by atoms with van der Waals surface area (Å²) in [7, 11) is -4.29. The van der Waals surface area contributed by atoms with Gasteiger partial charge in [-0.2, -0.15) is 9.29 Å². The van der Waals surface area contributed by atoms with E-state index < -0.39 is 22.5 Å². The van der Waals surface area contributed by atoms with Gasteiger partial charge in [0.1, 0.15) is 6.54 Å². The molecule has 0 radical (unpaired) electrons. The van der Waals surface area contributed by atoms with Gasteiger partial charge >= 0.3 is 5.97 Å². The maximum atomic E-state index is 13.9. The van der Waals surface area contributed by atoms with Crippen molar-refractivity contribution in [1.82, 2.24) is 14.3 Å². The van der Waals surface area contributed by atoms with Crippen molar-refractivity contribution >= 4 is 16.0 Å². The standard InChI is InChI=1S/C25H23N3O5S/c1-2-32-22(29)18-28(17-21-15-9-10-16-26-21)34(30,31)25-23(19-11-5-3-6-12-19)33-24(27-25)20-13-7-4-8-14-20/h3-16H,2,17-18H2,1H3. The number of pyridine rings is 1. The number of carbonyl (C=O) groups is 1. The largest absolute Gasteiger partial charge is 0.465 e. The smallest absolute Gasteiger partial charge is 0.321 e. The molecule has 0 atom stereocenters. The molecule has 8 nitrogen and oxygen atoms in total. The van der Waals surface area contributed by atoms with E-state index in [2.05, 4.69) is 9.97 Å². The molecule has 0 unspecified atom stereocenters. The Morgan fingerprint density at radius 1 is 0.941 bits per heavy atom. The minimum Gasteiger partial charge on any atom is -0.465 e. The van der Waals surface area contributed by atoms with Gasteiger partial charge in [0.15, 0.2) is 5.76 Å². The zero-order valence-electron chi connectivity index (χ0n) is 18.5. The van der Waals surface area contributed by atoms with E-state index in [1.54, 1.807) is 67.7 Å². The fourth-order valence-electron chi connectivity index (χ4n) is 3.33. The zero-order chi connectivity index (χ0) is 24.0. The fourth-order valence-corrected chi connectivity index (χ4v) is 4.74. The molecule has 4 rings (SSSR count). The number of ether oxygens (including phenoxy) is 1. The van der Waals surface area contributed by atoms with E-state index in [0.29, 0.717) is 16.8 Å². The third-order valence-electron chi connectivity index (χ3n) is 4.91. The lowest BCUT2D eigenvalue weighted by atomic mass is 10.2. The number of rotatable bonds is 9. The number of sulfonamides is 1. The van der Waals surface area contributed by atoms with E-state index >= 15 is 0 Å². The topological polar surface area (TPSA) is 103 Å². The first kappa shape index (κ1) is 23.3. The monoisotopic (exact) mass is 477 g/mol.